The van der Waals surface area contributed by atoms with Gasteiger partial charge in [-0.2, -0.15) is 0 Å². The average Bonchev–Trinajstić information content (AvgIpc) is 2.91. The van der Waals surface area contributed by atoms with Crippen LogP contribution in [0, 0.1) is 5.41 Å². The van der Waals surface area contributed by atoms with Gasteiger partial charge >= 0.3 is 0 Å². The number of ether oxygens (including phenoxy) is 2. The van der Waals surface area contributed by atoms with Crippen LogP contribution in [0.5, 0.6) is 0 Å². The van der Waals surface area contributed by atoms with Crippen molar-refractivity contribution in [3.63, 3.8) is 0 Å². The first-order valence-corrected chi connectivity index (χ1v) is 9.92. The second-order valence-electron chi connectivity index (χ2n) is 8.49. The Morgan fingerprint density at radius 1 is 1.11 bits per heavy atom. The highest BCUT2D eigenvalue weighted by Gasteiger charge is 2.56. The summed E-state index contributed by atoms with van der Waals surface area (Å²) in [7, 11) is 0. The van der Waals surface area contributed by atoms with Gasteiger partial charge < -0.3 is 19.3 Å². The summed E-state index contributed by atoms with van der Waals surface area (Å²) in [5, 5.41) is 0. The molecule has 0 unspecified atom stereocenters. The molecule has 2 fully saturated rings. The molecule has 0 atom stereocenters. The Morgan fingerprint density at radius 3 is 2.41 bits per heavy atom. The molecule has 0 radical (unpaired) electrons. The summed E-state index contributed by atoms with van der Waals surface area (Å²) >= 11 is 0. The van der Waals surface area contributed by atoms with Gasteiger partial charge in [-0.05, 0) is 44.4 Å². The number of rotatable bonds is 2. The van der Waals surface area contributed by atoms with Gasteiger partial charge in [-0.15, -0.1) is 0 Å². The largest absolute Gasteiger partial charge is 0.339 e. The van der Waals surface area contributed by atoms with Crippen molar-refractivity contribution in [2.75, 3.05) is 37.7 Å². The second-order valence-corrected chi connectivity index (χ2v) is 8.49. The zero-order valence-corrected chi connectivity index (χ0v) is 16.4. The Hall–Kier alpha value is -1.92. The quantitative estimate of drug-likeness (QED) is 0.801. The van der Waals surface area contributed by atoms with Crippen molar-refractivity contribution < 1.29 is 19.1 Å². The van der Waals surface area contributed by atoms with E-state index < -0.39 is 5.79 Å². The number of carbonyl (C=O) groups excluding carboxylic acids is 2. The molecular formula is C21H28N2O4. The number of fused-ring (bicyclic) bond motifs is 2. The van der Waals surface area contributed by atoms with E-state index >= 15 is 0 Å². The Morgan fingerprint density at radius 2 is 1.78 bits per heavy atom. The van der Waals surface area contributed by atoms with Crippen LogP contribution in [0.3, 0.4) is 0 Å². The van der Waals surface area contributed by atoms with Gasteiger partial charge in [-0.3, -0.25) is 9.59 Å². The van der Waals surface area contributed by atoms with Gasteiger partial charge in [0.05, 0.1) is 18.9 Å². The summed E-state index contributed by atoms with van der Waals surface area (Å²) in [5.41, 5.74) is 1.88. The van der Waals surface area contributed by atoms with Crippen molar-refractivity contribution in [3.05, 3.63) is 29.3 Å². The van der Waals surface area contributed by atoms with Crippen LogP contribution in [0.15, 0.2) is 18.2 Å². The van der Waals surface area contributed by atoms with Crippen molar-refractivity contribution >= 4 is 17.5 Å². The van der Waals surface area contributed by atoms with E-state index in [1.165, 1.54) is 6.42 Å². The Bertz CT molecular complexity index is 757. The van der Waals surface area contributed by atoms with Crippen molar-refractivity contribution in [1.29, 1.82) is 0 Å². The third-order valence-corrected chi connectivity index (χ3v) is 5.71. The van der Waals surface area contributed by atoms with Gasteiger partial charge in [-0.25, -0.2) is 0 Å². The molecule has 6 nitrogen and oxygen atoms in total. The molecule has 0 bridgehead atoms. The SMILES string of the molecule is CCN1C(=O)C2(OCC(C)(C)CO2)c2cc(C(=O)N3CCCCC3)ccc21. The summed E-state index contributed by atoms with van der Waals surface area (Å²) in [5.74, 6) is -1.59. The van der Waals surface area contributed by atoms with Gasteiger partial charge in [0, 0.05) is 36.2 Å². The smallest absolute Gasteiger partial charge is 0.292 e. The number of anilines is 1. The molecule has 1 aromatic carbocycles. The van der Waals surface area contributed by atoms with Crippen LogP contribution in [0.2, 0.25) is 0 Å². The molecular weight excluding hydrogens is 344 g/mol. The summed E-state index contributed by atoms with van der Waals surface area (Å²) < 4.78 is 12.1. The van der Waals surface area contributed by atoms with E-state index in [9.17, 15) is 9.59 Å². The fourth-order valence-corrected chi connectivity index (χ4v) is 4.12. The van der Waals surface area contributed by atoms with Gasteiger partial charge in [0.25, 0.3) is 17.6 Å². The molecule has 0 aromatic heterocycles. The van der Waals surface area contributed by atoms with E-state index in [-0.39, 0.29) is 17.2 Å². The fourth-order valence-electron chi connectivity index (χ4n) is 4.12. The molecule has 2 saturated heterocycles. The molecule has 146 valence electrons. The number of likely N-dealkylation sites (tertiary alicyclic amines) is 1. The third kappa shape index (κ3) is 2.95. The predicted molar refractivity (Wildman–Crippen MR) is 102 cm³/mol. The number of piperidine rings is 1. The highest BCUT2D eigenvalue weighted by atomic mass is 16.7. The van der Waals surface area contributed by atoms with E-state index in [1.54, 1.807) is 11.0 Å². The van der Waals surface area contributed by atoms with E-state index in [0.717, 1.165) is 31.6 Å². The molecule has 1 aromatic rings. The van der Waals surface area contributed by atoms with Crippen LogP contribution >= 0.6 is 0 Å². The lowest BCUT2D eigenvalue weighted by atomic mass is 9.93. The summed E-state index contributed by atoms with van der Waals surface area (Å²) in [6, 6.07) is 5.48. The van der Waals surface area contributed by atoms with Gasteiger partial charge in [0.15, 0.2) is 0 Å². The third-order valence-electron chi connectivity index (χ3n) is 5.71. The zero-order chi connectivity index (χ0) is 19.2. The molecule has 0 N–H and O–H groups in total. The normalized spacial score (nSPS) is 23.6. The molecule has 0 aliphatic carbocycles. The number of likely N-dealkylation sites (N-methyl/N-ethyl adjacent to an activating group) is 1. The first-order chi connectivity index (χ1) is 12.9. The van der Waals surface area contributed by atoms with Crippen LogP contribution in [-0.4, -0.2) is 49.6 Å². The standard InChI is InChI=1S/C21H28N2O4/c1-4-23-17-9-8-15(18(24)22-10-6-5-7-11-22)12-16(17)21(19(23)25)26-13-20(2,3)14-27-21/h8-9,12H,4-7,10-11,13-14H2,1-3H3. The molecule has 3 aliphatic rings. The molecule has 3 aliphatic heterocycles. The van der Waals surface area contributed by atoms with Crippen LogP contribution in [0.1, 0.15) is 56.0 Å². The molecule has 3 heterocycles. The lowest BCUT2D eigenvalue weighted by Crippen LogP contribution is -2.51. The van der Waals surface area contributed by atoms with E-state index in [4.69, 9.17) is 9.47 Å². The number of carbonyl (C=O) groups is 2. The number of hydrogen-bond donors (Lipinski definition) is 0. The maximum Gasteiger partial charge on any atom is 0.292 e. The number of amides is 2. The van der Waals surface area contributed by atoms with Crippen molar-refractivity contribution in [1.82, 2.24) is 4.90 Å². The van der Waals surface area contributed by atoms with Gasteiger partial charge in [0.2, 0.25) is 0 Å². The van der Waals surface area contributed by atoms with Crippen molar-refractivity contribution in [2.45, 2.75) is 45.8 Å². The first kappa shape index (κ1) is 18.4. The van der Waals surface area contributed by atoms with Crippen molar-refractivity contribution in [3.8, 4) is 0 Å². The van der Waals surface area contributed by atoms with E-state index in [0.29, 0.717) is 30.9 Å². The molecule has 2 amide bonds. The maximum absolute atomic E-state index is 13.1. The predicted octanol–water partition coefficient (Wildman–Crippen LogP) is 2.91. The average molecular weight is 372 g/mol. The Balaban J connectivity index is 1.71. The van der Waals surface area contributed by atoms with Crippen LogP contribution in [0.4, 0.5) is 5.69 Å². The fraction of sp³-hybridized carbons (Fsp3) is 0.619. The minimum atomic E-state index is -1.42. The zero-order valence-electron chi connectivity index (χ0n) is 16.4. The lowest BCUT2D eigenvalue weighted by molar-refractivity contribution is -0.286. The molecule has 27 heavy (non-hydrogen) atoms. The maximum atomic E-state index is 13.1. The second kappa shape index (κ2) is 6.60. The highest BCUT2D eigenvalue weighted by Crippen LogP contribution is 2.47. The van der Waals surface area contributed by atoms with Gasteiger partial charge in [-0.1, -0.05) is 13.8 Å². The molecule has 1 spiro atoms. The Labute approximate surface area is 160 Å². The lowest BCUT2D eigenvalue weighted by Gasteiger charge is -2.40. The van der Waals surface area contributed by atoms with Crippen LogP contribution in [-0.2, 0) is 20.1 Å². The number of nitrogens with zero attached hydrogens (tertiary/aromatic N) is 2. The minimum Gasteiger partial charge on any atom is -0.339 e. The summed E-state index contributed by atoms with van der Waals surface area (Å²) in [4.78, 5) is 29.7. The molecule has 6 heteroatoms. The highest BCUT2D eigenvalue weighted by molar-refractivity contribution is 6.07. The monoisotopic (exact) mass is 372 g/mol. The van der Waals surface area contributed by atoms with Crippen molar-refractivity contribution in [2.24, 2.45) is 5.41 Å². The molecule has 4 rings (SSSR count). The topological polar surface area (TPSA) is 59.1 Å². The summed E-state index contributed by atoms with van der Waals surface area (Å²) in [6.45, 7) is 9.01. The van der Waals surface area contributed by atoms with Gasteiger partial charge in [0.1, 0.15) is 0 Å². The van der Waals surface area contributed by atoms with E-state index in [1.807, 2.05) is 37.8 Å². The van der Waals surface area contributed by atoms with Crippen LogP contribution in [0.25, 0.3) is 0 Å². The Kier molecular flexibility index (Phi) is 4.51. The van der Waals surface area contributed by atoms with Crippen LogP contribution < -0.4 is 4.90 Å². The van der Waals surface area contributed by atoms with E-state index in [2.05, 4.69) is 0 Å². The molecule has 0 saturated carbocycles. The number of hydrogen-bond acceptors (Lipinski definition) is 4. The first-order valence-electron chi connectivity index (χ1n) is 9.92. The summed E-state index contributed by atoms with van der Waals surface area (Å²) in [6.07, 6.45) is 3.27. The minimum absolute atomic E-state index is 0.0196. The number of benzene rings is 1.